The molecular weight excluding hydrogens is 314 g/mol. The second-order valence-corrected chi connectivity index (χ2v) is 6.59. The predicted octanol–water partition coefficient (Wildman–Crippen LogP) is 2.02. The molecule has 2 aromatic carbocycles. The fourth-order valence-electron chi connectivity index (χ4n) is 3.19. The lowest BCUT2D eigenvalue weighted by Gasteiger charge is -2.31. The minimum atomic E-state index is -0.229. The van der Waals surface area contributed by atoms with Gasteiger partial charge in [0.05, 0.1) is 33.2 Å². The summed E-state index contributed by atoms with van der Waals surface area (Å²) in [6, 6.07) is 17.4. The highest BCUT2D eigenvalue weighted by atomic mass is 16.3. The van der Waals surface area contributed by atoms with Crippen LogP contribution < -0.4 is 15.1 Å². The van der Waals surface area contributed by atoms with Crippen molar-refractivity contribution in [1.82, 2.24) is 0 Å². The molecule has 2 N–H and O–H groups in total. The quantitative estimate of drug-likeness (QED) is 0.769. The highest BCUT2D eigenvalue weighted by Crippen LogP contribution is 2.21. The number of furan rings is 1. The summed E-state index contributed by atoms with van der Waals surface area (Å²) in [4.78, 5) is 16.4. The van der Waals surface area contributed by atoms with Gasteiger partial charge in [-0.15, -0.1) is 0 Å². The number of amides is 1. The first-order valence-electron chi connectivity index (χ1n) is 8.65. The highest BCUT2D eigenvalue weighted by molar-refractivity contribution is 6.04. The third-order valence-corrected chi connectivity index (χ3v) is 4.76. The molecule has 1 fully saturated rings. The Morgan fingerprint density at radius 3 is 2.52 bits per heavy atom. The predicted molar refractivity (Wildman–Crippen MR) is 99.4 cm³/mol. The summed E-state index contributed by atoms with van der Waals surface area (Å²) in [7, 11) is 2.23. The Morgan fingerprint density at radius 2 is 1.80 bits per heavy atom. The number of fused-ring (bicyclic) bond motifs is 1. The number of carbonyl (C=O) groups is 1. The smallest absolute Gasteiger partial charge is 0.291 e. The summed E-state index contributed by atoms with van der Waals surface area (Å²) in [6.07, 6.45) is 0. The summed E-state index contributed by atoms with van der Waals surface area (Å²) >= 11 is 0. The van der Waals surface area contributed by atoms with Crippen LogP contribution in [-0.4, -0.2) is 39.1 Å². The van der Waals surface area contributed by atoms with E-state index in [1.165, 1.54) is 5.69 Å². The van der Waals surface area contributed by atoms with Crippen LogP contribution in [0, 0.1) is 0 Å². The second kappa shape index (κ2) is 6.61. The third-order valence-electron chi connectivity index (χ3n) is 4.76. The zero-order valence-corrected chi connectivity index (χ0v) is 14.3. The Kier molecular flexibility index (Phi) is 4.15. The molecule has 128 valence electrons. The van der Waals surface area contributed by atoms with Gasteiger partial charge in [-0.25, -0.2) is 0 Å². The van der Waals surface area contributed by atoms with Gasteiger partial charge in [-0.3, -0.25) is 4.79 Å². The zero-order chi connectivity index (χ0) is 17.2. The van der Waals surface area contributed by atoms with Gasteiger partial charge in [-0.2, -0.15) is 0 Å². The summed E-state index contributed by atoms with van der Waals surface area (Å²) in [5.41, 5.74) is 2.70. The van der Waals surface area contributed by atoms with Gasteiger partial charge < -0.3 is 19.5 Å². The number of nitrogens with zero attached hydrogens (tertiary/aromatic N) is 1. The average Bonchev–Trinajstić information content (AvgIpc) is 3.07. The second-order valence-electron chi connectivity index (χ2n) is 6.59. The van der Waals surface area contributed by atoms with Crippen LogP contribution in [0.2, 0.25) is 0 Å². The number of anilines is 2. The molecule has 4 rings (SSSR count). The first-order valence-corrected chi connectivity index (χ1v) is 8.65. The first-order chi connectivity index (χ1) is 12.2. The van der Waals surface area contributed by atoms with Gasteiger partial charge in [0, 0.05) is 16.8 Å². The number of quaternary nitrogens is 1. The molecule has 0 aliphatic carbocycles. The van der Waals surface area contributed by atoms with E-state index in [-0.39, 0.29) is 5.91 Å². The van der Waals surface area contributed by atoms with Crippen molar-refractivity contribution in [3.63, 3.8) is 0 Å². The Morgan fingerprint density at radius 1 is 1.08 bits per heavy atom. The van der Waals surface area contributed by atoms with Gasteiger partial charge in [0.15, 0.2) is 5.76 Å². The van der Waals surface area contributed by atoms with Gasteiger partial charge in [-0.1, -0.05) is 18.2 Å². The molecule has 2 heterocycles. The molecule has 1 aromatic heterocycles. The molecule has 1 saturated heterocycles. The summed E-state index contributed by atoms with van der Waals surface area (Å²) < 4.78 is 5.61. The minimum Gasteiger partial charge on any atom is -0.451 e. The molecule has 1 amide bonds. The highest BCUT2D eigenvalue weighted by Gasteiger charge is 2.17. The molecule has 5 heteroatoms. The minimum absolute atomic E-state index is 0.229. The first kappa shape index (κ1) is 15.7. The van der Waals surface area contributed by atoms with Crippen LogP contribution in [0.1, 0.15) is 10.6 Å². The van der Waals surface area contributed by atoms with Crippen molar-refractivity contribution < 1.29 is 14.1 Å². The van der Waals surface area contributed by atoms with Crippen molar-refractivity contribution in [3.8, 4) is 0 Å². The van der Waals surface area contributed by atoms with Crippen molar-refractivity contribution in [2.75, 3.05) is 43.4 Å². The summed E-state index contributed by atoms with van der Waals surface area (Å²) in [5, 5.41) is 3.83. The van der Waals surface area contributed by atoms with E-state index in [0.717, 1.165) is 42.8 Å². The lowest BCUT2D eigenvalue weighted by atomic mass is 10.2. The monoisotopic (exact) mass is 336 g/mol. The molecule has 0 spiro atoms. The maximum absolute atomic E-state index is 12.4. The van der Waals surface area contributed by atoms with Gasteiger partial charge in [0.1, 0.15) is 5.58 Å². The van der Waals surface area contributed by atoms with Crippen molar-refractivity contribution in [2.24, 2.45) is 0 Å². The molecule has 0 atom stereocenters. The fourth-order valence-corrected chi connectivity index (χ4v) is 3.19. The molecule has 1 aliphatic rings. The van der Waals surface area contributed by atoms with Crippen molar-refractivity contribution in [1.29, 1.82) is 0 Å². The van der Waals surface area contributed by atoms with E-state index in [1.54, 1.807) is 11.0 Å². The lowest BCUT2D eigenvalue weighted by Crippen LogP contribution is -3.12. The number of likely N-dealkylation sites (N-methyl/N-ethyl adjacent to an activating group) is 1. The molecule has 0 bridgehead atoms. The SMILES string of the molecule is C[NH+]1CCN(c2ccc(NC(=O)c3cc4ccccc4o3)cc2)CC1. The van der Waals surface area contributed by atoms with E-state index < -0.39 is 0 Å². The van der Waals surface area contributed by atoms with Crippen LogP contribution in [0.15, 0.2) is 59.0 Å². The Balaban J connectivity index is 1.44. The molecular formula is C20H22N3O2+. The van der Waals surface area contributed by atoms with E-state index in [0.29, 0.717) is 5.76 Å². The number of piperazine rings is 1. The summed E-state index contributed by atoms with van der Waals surface area (Å²) in [6.45, 7) is 4.45. The number of hydrogen-bond donors (Lipinski definition) is 2. The number of para-hydroxylation sites is 1. The van der Waals surface area contributed by atoms with Gasteiger partial charge in [-0.05, 0) is 36.4 Å². The fraction of sp³-hybridized carbons (Fsp3) is 0.250. The van der Waals surface area contributed by atoms with Crippen LogP contribution >= 0.6 is 0 Å². The van der Waals surface area contributed by atoms with E-state index in [9.17, 15) is 4.79 Å². The van der Waals surface area contributed by atoms with Crippen LogP contribution in [-0.2, 0) is 0 Å². The van der Waals surface area contributed by atoms with Crippen LogP contribution in [0.4, 0.5) is 11.4 Å². The van der Waals surface area contributed by atoms with Crippen molar-refractivity contribution >= 4 is 28.3 Å². The Labute approximate surface area is 146 Å². The van der Waals surface area contributed by atoms with E-state index in [1.807, 2.05) is 36.4 Å². The van der Waals surface area contributed by atoms with Gasteiger partial charge >= 0.3 is 0 Å². The molecule has 1 aliphatic heterocycles. The Hall–Kier alpha value is -2.79. The van der Waals surface area contributed by atoms with E-state index in [2.05, 4.69) is 29.4 Å². The maximum Gasteiger partial charge on any atom is 0.291 e. The molecule has 3 aromatic rings. The topological polar surface area (TPSA) is 49.9 Å². The number of benzene rings is 2. The number of nitrogens with one attached hydrogen (secondary N) is 2. The Bertz CT molecular complexity index is 844. The van der Waals surface area contributed by atoms with Gasteiger partial charge in [0.2, 0.25) is 0 Å². The van der Waals surface area contributed by atoms with Crippen molar-refractivity contribution in [2.45, 2.75) is 0 Å². The standard InChI is InChI=1S/C20H21N3O2/c1-22-10-12-23(13-11-22)17-8-6-16(7-9-17)21-20(24)19-14-15-4-2-3-5-18(15)25-19/h2-9,14H,10-13H2,1H3,(H,21,24)/p+1. The molecule has 0 saturated carbocycles. The van der Waals surface area contributed by atoms with E-state index >= 15 is 0 Å². The summed E-state index contributed by atoms with van der Waals surface area (Å²) in [5.74, 6) is 0.0967. The van der Waals surface area contributed by atoms with Crippen molar-refractivity contribution in [3.05, 3.63) is 60.4 Å². The van der Waals surface area contributed by atoms with E-state index in [4.69, 9.17) is 4.42 Å². The molecule has 0 unspecified atom stereocenters. The number of carbonyl (C=O) groups excluding carboxylic acids is 1. The number of hydrogen-bond acceptors (Lipinski definition) is 3. The average molecular weight is 336 g/mol. The van der Waals surface area contributed by atoms with Crippen LogP contribution in [0.5, 0.6) is 0 Å². The molecule has 5 nitrogen and oxygen atoms in total. The molecule has 0 radical (unpaired) electrons. The lowest BCUT2D eigenvalue weighted by molar-refractivity contribution is -0.880. The third kappa shape index (κ3) is 3.37. The molecule has 25 heavy (non-hydrogen) atoms. The van der Waals surface area contributed by atoms with Crippen LogP contribution in [0.25, 0.3) is 11.0 Å². The normalized spacial score (nSPS) is 15.5. The number of rotatable bonds is 3. The zero-order valence-electron chi connectivity index (χ0n) is 14.3. The maximum atomic E-state index is 12.4. The van der Waals surface area contributed by atoms with Crippen LogP contribution in [0.3, 0.4) is 0 Å². The van der Waals surface area contributed by atoms with Gasteiger partial charge in [0.25, 0.3) is 5.91 Å². The largest absolute Gasteiger partial charge is 0.451 e.